The highest BCUT2D eigenvalue weighted by atomic mass is 19.1. The largest absolute Gasteiger partial charge is 0.367 e. The maximum Gasteiger partial charge on any atom is 0.257 e. The van der Waals surface area contributed by atoms with Crippen LogP contribution < -0.4 is 10.2 Å². The van der Waals surface area contributed by atoms with Crippen LogP contribution >= 0.6 is 0 Å². The molecule has 1 aliphatic heterocycles. The molecule has 2 heterocycles. The quantitative estimate of drug-likeness (QED) is 0.385. The van der Waals surface area contributed by atoms with Gasteiger partial charge in [-0.25, -0.2) is 4.39 Å². The highest BCUT2D eigenvalue weighted by Gasteiger charge is 2.27. The molecular weight excluding hydrogens is 451 g/mol. The van der Waals surface area contributed by atoms with Crippen LogP contribution in [-0.4, -0.2) is 42.0 Å². The summed E-state index contributed by atoms with van der Waals surface area (Å²) >= 11 is 0. The van der Waals surface area contributed by atoms with Gasteiger partial charge in [0.1, 0.15) is 5.82 Å². The van der Waals surface area contributed by atoms with Crippen LogP contribution in [0.3, 0.4) is 0 Å². The van der Waals surface area contributed by atoms with Crippen molar-refractivity contribution < 1.29 is 9.18 Å². The van der Waals surface area contributed by atoms with Gasteiger partial charge in [-0.05, 0) is 48.4 Å². The third-order valence-electron chi connectivity index (χ3n) is 6.71. The Morgan fingerprint density at radius 1 is 0.861 bits per heavy atom. The number of nitrogens with zero attached hydrogens (tertiary/aromatic N) is 3. The van der Waals surface area contributed by atoms with Crippen molar-refractivity contribution in [3.05, 3.63) is 125 Å². The number of carbonyl (C=O) groups excluding carboxylic acids is 1. The number of piperazine rings is 1. The third kappa shape index (κ3) is 5.14. The summed E-state index contributed by atoms with van der Waals surface area (Å²) in [5, 5.41) is 2.78. The zero-order chi connectivity index (χ0) is 24.9. The van der Waals surface area contributed by atoms with E-state index in [4.69, 9.17) is 0 Å². The standard InChI is InChI=1S/C30H29FN4O/c1-22-26(13-8-16-32-22)30(36)33-25-14-15-28(27(31)21-25)34-17-19-35(20-18-34)29(23-9-4-2-5-10-23)24-11-6-3-7-12-24/h2-16,21,29H,17-20H2,1H3,(H,33,36). The Hall–Kier alpha value is -4.03. The van der Waals surface area contributed by atoms with Crippen LogP contribution in [0.2, 0.25) is 0 Å². The molecule has 1 aliphatic rings. The van der Waals surface area contributed by atoms with E-state index in [1.807, 2.05) is 12.1 Å². The molecule has 0 saturated carbocycles. The van der Waals surface area contributed by atoms with Crippen molar-refractivity contribution in [1.29, 1.82) is 0 Å². The van der Waals surface area contributed by atoms with Crippen LogP contribution in [0, 0.1) is 12.7 Å². The molecule has 0 bridgehead atoms. The molecule has 1 aromatic heterocycles. The average molecular weight is 481 g/mol. The van der Waals surface area contributed by atoms with Crippen LogP contribution in [0.1, 0.15) is 33.2 Å². The number of hydrogen-bond acceptors (Lipinski definition) is 4. The molecule has 0 radical (unpaired) electrons. The first-order valence-electron chi connectivity index (χ1n) is 12.2. The lowest BCUT2D eigenvalue weighted by molar-refractivity contribution is 0.102. The second-order valence-electron chi connectivity index (χ2n) is 9.00. The lowest BCUT2D eigenvalue weighted by atomic mass is 9.96. The number of rotatable bonds is 6. The molecule has 1 fully saturated rings. The first kappa shape index (κ1) is 23.7. The summed E-state index contributed by atoms with van der Waals surface area (Å²) in [5.41, 5.74) is 4.61. The predicted molar refractivity (Wildman–Crippen MR) is 142 cm³/mol. The Labute approximate surface area is 211 Å². The van der Waals surface area contributed by atoms with Gasteiger partial charge in [0.25, 0.3) is 5.91 Å². The van der Waals surface area contributed by atoms with E-state index in [0.29, 0.717) is 35.7 Å². The number of amides is 1. The van der Waals surface area contributed by atoms with Gasteiger partial charge in [-0.15, -0.1) is 0 Å². The van der Waals surface area contributed by atoms with Gasteiger partial charge in [-0.3, -0.25) is 14.7 Å². The molecule has 0 atom stereocenters. The number of aromatic nitrogens is 1. The Balaban J connectivity index is 1.28. The number of hydrogen-bond donors (Lipinski definition) is 1. The third-order valence-corrected chi connectivity index (χ3v) is 6.71. The second-order valence-corrected chi connectivity index (χ2v) is 9.00. The van der Waals surface area contributed by atoms with Gasteiger partial charge in [-0.1, -0.05) is 60.7 Å². The summed E-state index contributed by atoms with van der Waals surface area (Å²) in [6, 6.07) is 29.5. The Morgan fingerprint density at radius 3 is 2.08 bits per heavy atom. The van der Waals surface area contributed by atoms with Gasteiger partial charge >= 0.3 is 0 Å². The van der Waals surface area contributed by atoms with E-state index in [-0.39, 0.29) is 17.8 Å². The van der Waals surface area contributed by atoms with E-state index in [1.165, 1.54) is 17.2 Å². The van der Waals surface area contributed by atoms with Crippen molar-refractivity contribution in [2.75, 3.05) is 36.4 Å². The summed E-state index contributed by atoms with van der Waals surface area (Å²) < 4.78 is 15.1. The van der Waals surface area contributed by atoms with E-state index < -0.39 is 0 Å². The second kappa shape index (κ2) is 10.7. The van der Waals surface area contributed by atoms with Crippen molar-refractivity contribution >= 4 is 17.3 Å². The molecule has 5 nitrogen and oxygen atoms in total. The fourth-order valence-corrected chi connectivity index (χ4v) is 4.87. The Morgan fingerprint density at radius 2 is 1.50 bits per heavy atom. The average Bonchev–Trinajstić information content (AvgIpc) is 2.91. The predicted octanol–water partition coefficient (Wildman–Crippen LogP) is 5.69. The van der Waals surface area contributed by atoms with E-state index in [0.717, 1.165) is 13.1 Å². The fourth-order valence-electron chi connectivity index (χ4n) is 4.87. The van der Waals surface area contributed by atoms with Crippen LogP contribution in [0.4, 0.5) is 15.8 Å². The number of anilines is 2. The van der Waals surface area contributed by atoms with Gasteiger partial charge in [0.05, 0.1) is 17.3 Å². The van der Waals surface area contributed by atoms with Crippen molar-refractivity contribution in [3.8, 4) is 0 Å². The molecule has 36 heavy (non-hydrogen) atoms. The lowest BCUT2D eigenvalue weighted by Gasteiger charge is -2.40. The number of halogens is 1. The number of pyridine rings is 1. The molecule has 3 aromatic carbocycles. The van der Waals surface area contributed by atoms with Gasteiger partial charge in [-0.2, -0.15) is 0 Å². The number of benzene rings is 3. The molecule has 182 valence electrons. The molecule has 6 heteroatoms. The molecule has 4 aromatic rings. The summed E-state index contributed by atoms with van der Waals surface area (Å²) in [6.07, 6.45) is 1.64. The van der Waals surface area contributed by atoms with E-state index in [2.05, 4.69) is 68.6 Å². The maximum absolute atomic E-state index is 15.1. The lowest BCUT2D eigenvalue weighted by Crippen LogP contribution is -2.48. The molecule has 0 unspecified atom stereocenters. The minimum Gasteiger partial charge on any atom is -0.367 e. The van der Waals surface area contributed by atoms with Gasteiger partial charge in [0, 0.05) is 43.8 Å². The number of carbonyl (C=O) groups is 1. The zero-order valence-electron chi connectivity index (χ0n) is 20.3. The maximum atomic E-state index is 15.1. The van der Waals surface area contributed by atoms with E-state index in [9.17, 15) is 4.79 Å². The van der Waals surface area contributed by atoms with Crippen LogP contribution in [-0.2, 0) is 0 Å². The Kier molecular flexibility index (Phi) is 7.05. The monoisotopic (exact) mass is 480 g/mol. The first-order valence-corrected chi connectivity index (χ1v) is 12.2. The summed E-state index contributed by atoms with van der Waals surface area (Å²) in [6.45, 7) is 4.83. The number of nitrogens with one attached hydrogen (secondary N) is 1. The van der Waals surface area contributed by atoms with Crippen LogP contribution in [0.25, 0.3) is 0 Å². The summed E-state index contributed by atoms with van der Waals surface area (Å²) in [5.74, 6) is -0.638. The van der Waals surface area contributed by atoms with Crippen molar-refractivity contribution in [1.82, 2.24) is 9.88 Å². The minimum absolute atomic E-state index is 0.160. The minimum atomic E-state index is -0.341. The topological polar surface area (TPSA) is 48.5 Å². The zero-order valence-corrected chi connectivity index (χ0v) is 20.3. The molecule has 1 amide bonds. The number of aryl methyl sites for hydroxylation is 1. The smallest absolute Gasteiger partial charge is 0.257 e. The molecule has 1 N–H and O–H groups in total. The summed E-state index contributed by atoms with van der Waals surface area (Å²) in [7, 11) is 0. The van der Waals surface area contributed by atoms with Gasteiger partial charge in [0.2, 0.25) is 0 Å². The SMILES string of the molecule is Cc1ncccc1C(=O)Nc1ccc(N2CCN(C(c3ccccc3)c3ccccc3)CC2)c(F)c1. The van der Waals surface area contributed by atoms with Crippen molar-refractivity contribution in [2.45, 2.75) is 13.0 Å². The van der Waals surface area contributed by atoms with E-state index in [1.54, 1.807) is 37.4 Å². The molecule has 0 spiro atoms. The summed E-state index contributed by atoms with van der Waals surface area (Å²) in [4.78, 5) is 21.3. The highest BCUT2D eigenvalue weighted by molar-refractivity contribution is 6.05. The van der Waals surface area contributed by atoms with Gasteiger partial charge in [0.15, 0.2) is 0 Å². The molecule has 5 rings (SSSR count). The van der Waals surface area contributed by atoms with Crippen molar-refractivity contribution in [2.24, 2.45) is 0 Å². The van der Waals surface area contributed by atoms with Crippen LogP contribution in [0.15, 0.2) is 97.2 Å². The normalized spacial score (nSPS) is 14.1. The first-order chi connectivity index (χ1) is 17.6. The molecule has 0 aliphatic carbocycles. The van der Waals surface area contributed by atoms with E-state index >= 15 is 4.39 Å². The fraction of sp³-hybridized carbons (Fsp3) is 0.200. The Bertz CT molecular complexity index is 1280. The van der Waals surface area contributed by atoms with Gasteiger partial charge < -0.3 is 10.2 Å². The van der Waals surface area contributed by atoms with Crippen LogP contribution in [0.5, 0.6) is 0 Å². The highest BCUT2D eigenvalue weighted by Crippen LogP contribution is 2.31. The molecule has 1 saturated heterocycles. The van der Waals surface area contributed by atoms with Crippen molar-refractivity contribution in [3.63, 3.8) is 0 Å². The molecular formula is C30H29FN4O.